The number of thiazole rings is 1. The molecule has 0 bridgehead atoms. The van der Waals surface area contributed by atoms with Crippen molar-refractivity contribution in [3.63, 3.8) is 0 Å². The Hall–Kier alpha value is -2.16. The van der Waals surface area contributed by atoms with E-state index in [1.165, 1.54) is 18.4 Å². The van der Waals surface area contributed by atoms with Crippen molar-refractivity contribution in [3.8, 4) is 0 Å². The molecule has 0 radical (unpaired) electrons. The molecule has 1 aromatic heterocycles. The summed E-state index contributed by atoms with van der Waals surface area (Å²) in [6.07, 6.45) is -4.62. The summed E-state index contributed by atoms with van der Waals surface area (Å²) in [5.74, 6) is -0.591. The van der Waals surface area contributed by atoms with Gasteiger partial charge in [0.15, 0.2) is 5.96 Å². The molecule has 0 amide bonds. The largest absolute Gasteiger partial charge is 0.416 e. The number of benzene rings is 1. The molecule has 9 heteroatoms. The van der Waals surface area contributed by atoms with E-state index in [1.807, 2.05) is 5.38 Å². The molecule has 2 aromatic rings. The van der Waals surface area contributed by atoms with Crippen molar-refractivity contribution in [2.24, 2.45) is 4.99 Å². The molecule has 0 atom stereocenters. The molecule has 0 spiro atoms. The molecule has 27 heavy (non-hydrogen) atoms. The van der Waals surface area contributed by atoms with Crippen LogP contribution in [0.3, 0.4) is 0 Å². The Bertz CT molecular complexity index is 806. The van der Waals surface area contributed by atoms with Gasteiger partial charge >= 0.3 is 6.18 Å². The van der Waals surface area contributed by atoms with Crippen molar-refractivity contribution in [3.05, 3.63) is 51.2 Å². The van der Waals surface area contributed by atoms with Crippen LogP contribution in [0.1, 0.15) is 42.6 Å². The molecule has 0 aliphatic rings. The summed E-state index contributed by atoms with van der Waals surface area (Å²) in [6, 6.07) is 2.62. The van der Waals surface area contributed by atoms with Crippen LogP contribution in [0.25, 0.3) is 0 Å². The standard InChI is InChI=1S/C18H22F4N4S/c1-17(2,3)14-10-27-15(26-14)9-25-16(23-4)24-8-11-5-6-12(19)7-13(11)18(20,21)22/h5-7,10H,8-9H2,1-4H3,(H2,23,24,25). The molecule has 148 valence electrons. The summed E-state index contributed by atoms with van der Waals surface area (Å²) < 4.78 is 52.3. The molecule has 4 nitrogen and oxygen atoms in total. The van der Waals surface area contributed by atoms with Crippen molar-refractivity contribution in [1.29, 1.82) is 0 Å². The quantitative estimate of drug-likeness (QED) is 0.451. The Labute approximate surface area is 159 Å². The second-order valence-corrected chi connectivity index (χ2v) is 7.90. The van der Waals surface area contributed by atoms with Gasteiger partial charge < -0.3 is 10.6 Å². The summed E-state index contributed by atoms with van der Waals surface area (Å²) in [5.41, 5.74) is -0.129. The van der Waals surface area contributed by atoms with E-state index in [0.29, 0.717) is 18.6 Å². The number of aliphatic imine (C=N–C) groups is 1. The van der Waals surface area contributed by atoms with Crippen LogP contribution in [0.5, 0.6) is 0 Å². The van der Waals surface area contributed by atoms with Gasteiger partial charge in [-0.3, -0.25) is 4.99 Å². The minimum absolute atomic E-state index is 0.0503. The molecule has 1 aromatic carbocycles. The number of alkyl halides is 3. The lowest BCUT2D eigenvalue weighted by atomic mass is 9.93. The summed E-state index contributed by atoms with van der Waals surface area (Å²) in [5, 5.41) is 8.68. The molecule has 2 N–H and O–H groups in total. The normalized spacial score (nSPS) is 13.0. The number of nitrogens with zero attached hydrogens (tertiary/aromatic N) is 2. The molecule has 0 unspecified atom stereocenters. The first kappa shape index (κ1) is 21.1. The molecule has 1 heterocycles. The fraction of sp³-hybridized carbons (Fsp3) is 0.444. The molecule has 0 aliphatic heterocycles. The maximum Gasteiger partial charge on any atom is 0.416 e. The van der Waals surface area contributed by atoms with E-state index in [2.05, 4.69) is 41.4 Å². The lowest BCUT2D eigenvalue weighted by Gasteiger charge is -2.16. The van der Waals surface area contributed by atoms with Crippen molar-refractivity contribution in [1.82, 2.24) is 15.6 Å². The highest BCUT2D eigenvalue weighted by Crippen LogP contribution is 2.32. The average molecular weight is 402 g/mol. The summed E-state index contributed by atoms with van der Waals surface area (Å²) in [7, 11) is 1.52. The van der Waals surface area contributed by atoms with E-state index in [-0.39, 0.29) is 17.5 Å². The highest BCUT2D eigenvalue weighted by Gasteiger charge is 2.33. The molecule has 0 saturated carbocycles. The van der Waals surface area contributed by atoms with Gasteiger partial charge in [-0.05, 0) is 17.7 Å². The Morgan fingerprint density at radius 1 is 1.15 bits per heavy atom. The molecular formula is C18H22F4N4S. The Morgan fingerprint density at radius 2 is 1.81 bits per heavy atom. The van der Waals surface area contributed by atoms with Crippen LogP contribution in [0.15, 0.2) is 28.6 Å². The first-order valence-corrected chi connectivity index (χ1v) is 9.13. The third-order valence-electron chi connectivity index (χ3n) is 3.77. The second kappa shape index (κ2) is 8.24. The van der Waals surface area contributed by atoms with Gasteiger partial charge in [0.1, 0.15) is 10.8 Å². The predicted octanol–water partition coefficient (Wildman–Crippen LogP) is 4.46. The summed E-state index contributed by atoms with van der Waals surface area (Å²) in [6.45, 7) is 6.47. The third kappa shape index (κ3) is 5.92. The number of rotatable bonds is 4. The Morgan fingerprint density at radius 3 is 2.37 bits per heavy atom. The van der Waals surface area contributed by atoms with E-state index in [4.69, 9.17) is 0 Å². The maximum atomic E-state index is 13.2. The highest BCUT2D eigenvalue weighted by molar-refractivity contribution is 7.09. The van der Waals surface area contributed by atoms with E-state index in [0.717, 1.165) is 22.8 Å². The van der Waals surface area contributed by atoms with Gasteiger partial charge in [-0.2, -0.15) is 13.2 Å². The van der Waals surface area contributed by atoms with E-state index >= 15 is 0 Å². The first-order chi connectivity index (χ1) is 12.5. The van der Waals surface area contributed by atoms with Gasteiger partial charge in [-0.15, -0.1) is 11.3 Å². The van der Waals surface area contributed by atoms with Crippen LogP contribution in [0, 0.1) is 5.82 Å². The van der Waals surface area contributed by atoms with Gasteiger partial charge in [-0.25, -0.2) is 9.37 Å². The van der Waals surface area contributed by atoms with Crippen LogP contribution in [0.4, 0.5) is 17.6 Å². The first-order valence-electron chi connectivity index (χ1n) is 8.25. The highest BCUT2D eigenvalue weighted by atomic mass is 32.1. The van der Waals surface area contributed by atoms with Crippen LogP contribution >= 0.6 is 11.3 Å². The zero-order valence-electron chi connectivity index (χ0n) is 15.5. The molecule has 0 aliphatic carbocycles. The van der Waals surface area contributed by atoms with Gasteiger partial charge in [0, 0.05) is 24.4 Å². The second-order valence-electron chi connectivity index (χ2n) is 6.96. The lowest BCUT2D eigenvalue weighted by Crippen LogP contribution is -2.36. The zero-order valence-corrected chi connectivity index (χ0v) is 16.4. The number of nitrogens with one attached hydrogen (secondary N) is 2. The number of hydrogen-bond donors (Lipinski definition) is 2. The molecule has 2 rings (SSSR count). The Kier molecular flexibility index (Phi) is 6.46. The molecule has 0 saturated heterocycles. The number of halogens is 4. The zero-order chi connectivity index (χ0) is 20.2. The monoisotopic (exact) mass is 402 g/mol. The minimum atomic E-state index is -4.62. The summed E-state index contributed by atoms with van der Waals surface area (Å²) >= 11 is 1.50. The number of guanidine groups is 1. The Balaban J connectivity index is 2.00. The van der Waals surface area contributed by atoms with Gasteiger partial charge in [0.2, 0.25) is 0 Å². The van der Waals surface area contributed by atoms with Crippen molar-refractivity contribution in [2.75, 3.05) is 7.05 Å². The number of aromatic nitrogens is 1. The molecule has 0 fully saturated rings. The smallest absolute Gasteiger partial charge is 0.352 e. The average Bonchev–Trinajstić information content (AvgIpc) is 3.04. The van der Waals surface area contributed by atoms with Gasteiger partial charge in [-0.1, -0.05) is 26.8 Å². The fourth-order valence-electron chi connectivity index (χ4n) is 2.26. The van der Waals surface area contributed by atoms with Crippen molar-refractivity contribution < 1.29 is 17.6 Å². The van der Waals surface area contributed by atoms with Crippen molar-refractivity contribution in [2.45, 2.75) is 45.5 Å². The summed E-state index contributed by atoms with van der Waals surface area (Å²) in [4.78, 5) is 8.54. The van der Waals surface area contributed by atoms with Crippen molar-refractivity contribution >= 4 is 17.3 Å². The minimum Gasteiger partial charge on any atom is -0.352 e. The van der Waals surface area contributed by atoms with E-state index in [9.17, 15) is 17.6 Å². The molecular weight excluding hydrogens is 380 g/mol. The fourth-order valence-corrected chi connectivity index (χ4v) is 3.22. The van der Waals surface area contributed by atoms with Crippen LogP contribution < -0.4 is 10.6 Å². The van der Waals surface area contributed by atoms with Crippen LogP contribution in [0.2, 0.25) is 0 Å². The van der Waals surface area contributed by atoms with Gasteiger partial charge in [0.25, 0.3) is 0 Å². The SMILES string of the molecule is CN=C(NCc1nc(C(C)(C)C)cs1)NCc1ccc(F)cc1C(F)(F)F. The van der Waals surface area contributed by atoms with E-state index in [1.54, 1.807) is 0 Å². The number of hydrogen-bond acceptors (Lipinski definition) is 3. The lowest BCUT2D eigenvalue weighted by molar-refractivity contribution is -0.138. The third-order valence-corrected chi connectivity index (χ3v) is 4.62. The van der Waals surface area contributed by atoms with Crippen LogP contribution in [-0.4, -0.2) is 18.0 Å². The maximum absolute atomic E-state index is 13.2. The topological polar surface area (TPSA) is 49.3 Å². The predicted molar refractivity (Wildman–Crippen MR) is 99.3 cm³/mol. The van der Waals surface area contributed by atoms with Gasteiger partial charge in [0.05, 0.1) is 17.8 Å². The van der Waals surface area contributed by atoms with Crippen LogP contribution in [-0.2, 0) is 24.7 Å². The van der Waals surface area contributed by atoms with E-state index < -0.39 is 17.6 Å².